The summed E-state index contributed by atoms with van der Waals surface area (Å²) in [5.74, 6) is -0.101. The molecule has 0 N–H and O–H groups in total. The van der Waals surface area contributed by atoms with Gasteiger partial charge in [0.2, 0.25) is 5.91 Å². The van der Waals surface area contributed by atoms with Crippen LogP contribution in [0.3, 0.4) is 0 Å². The van der Waals surface area contributed by atoms with Crippen LogP contribution in [0, 0.1) is 6.92 Å². The number of carbonyl (C=O) groups is 1. The number of aromatic nitrogens is 1. The molecule has 1 heterocycles. The number of hydrogen-bond donors (Lipinski definition) is 0. The molecule has 0 radical (unpaired) electrons. The molecule has 0 aliphatic rings. The van der Waals surface area contributed by atoms with Crippen molar-refractivity contribution in [3.05, 3.63) is 41.8 Å². The topological polar surface area (TPSA) is 46.3 Å². The predicted octanol–water partition coefficient (Wildman–Crippen LogP) is 4.01. The Bertz CT molecular complexity index is 590. The highest BCUT2D eigenvalue weighted by atomic mass is 16.4. The summed E-state index contributed by atoms with van der Waals surface area (Å²) in [6.07, 6.45) is 4.70. The van der Waals surface area contributed by atoms with E-state index >= 15 is 0 Å². The number of oxazole rings is 1. The van der Waals surface area contributed by atoms with Crippen molar-refractivity contribution in [2.24, 2.45) is 0 Å². The largest absolute Gasteiger partial charge is 0.431 e. The molecule has 0 saturated heterocycles. The molecule has 1 aromatic carbocycles. The number of para-hydroxylation sites is 1. The van der Waals surface area contributed by atoms with Crippen LogP contribution in [0.15, 0.2) is 34.9 Å². The second-order valence-electron chi connectivity index (χ2n) is 4.86. The van der Waals surface area contributed by atoms with Crippen LogP contribution in [0.1, 0.15) is 37.9 Å². The Kier molecular flexibility index (Phi) is 4.56. The molecule has 2 rings (SSSR count). The Morgan fingerprint density at radius 3 is 2.70 bits per heavy atom. The van der Waals surface area contributed by atoms with E-state index in [9.17, 15) is 4.79 Å². The van der Waals surface area contributed by atoms with Crippen LogP contribution >= 0.6 is 0 Å². The van der Waals surface area contributed by atoms with Crippen LogP contribution in [0.25, 0.3) is 0 Å². The van der Waals surface area contributed by atoms with Crippen LogP contribution in [-0.4, -0.2) is 10.9 Å². The molecule has 0 aliphatic carbocycles. The smallest absolute Gasteiger partial charge is 0.309 e. The molecule has 1 aromatic heterocycles. The monoisotopic (exact) mass is 272 g/mol. The maximum Gasteiger partial charge on any atom is 0.309 e. The van der Waals surface area contributed by atoms with Gasteiger partial charge in [0, 0.05) is 6.92 Å². The number of hydrogen-bond acceptors (Lipinski definition) is 3. The Morgan fingerprint density at radius 2 is 2.10 bits per heavy atom. The molecule has 4 heteroatoms. The lowest BCUT2D eigenvalue weighted by atomic mass is 10.1. The second kappa shape index (κ2) is 6.37. The van der Waals surface area contributed by atoms with Gasteiger partial charge in [-0.05, 0) is 31.4 Å². The van der Waals surface area contributed by atoms with Gasteiger partial charge < -0.3 is 4.42 Å². The van der Waals surface area contributed by atoms with Gasteiger partial charge in [-0.15, -0.1) is 0 Å². The fourth-order valence-electron chi connectivity index (χ4n) is 2.16. The summed E-state index contributed by atoms with van der Waals surface area (Å²) in [5.41, 5.74) is 2.76. The SMILES string of the molecule is CCCCc1ccccc1N(C(C)=O)c1nc(C)co1. The lowest BCUT2D eigenvalue weighted by Gasteiger charge is -2.20. The lowest BCUT2D eigenvalue weighted by molar-refractivity contribution is -0.116. The molecule has 0 unspecified atom stereocenters. The number of rotatable bonds is 5. The molecule has 2 aromatic rings. The molecule has 4 nitrogen and oxygen atoms in total. The number of carbonyl (C=O) groups excluding carboxylic acids is 1. The maximum atomic E-state index is 12.0. The zero-order valence-corrected chi connectivity index (χ0v) is 12.2. The van der Waals surface area contributed by atoms with Gasteiger partial charge in [0.15, 0.2) is 0 Å². The van der Waals surface area contributed by atoms with E-state index in [-0.39, 0.29) is 5.91 Å². The number of amides is 1. The van der Waals surface area contributed by atoms with Crippen molar-refractivity contribution in [3.63, 3.8) is 0 Å². The molecular formula is C16H20N2O2. The molecule has 106 valence electrons. The summed E-state index contributed by atoms with van der Waals surface area (Å²) in [6, 6.07) is 8.24. The summed E-state index contributed by atoms with van der Waals surface area (Å²) < 4.78 is 5.40. The molecule has 0 spiro atoms. The third-order valence-corrected chi connectivity index (χ3v) is 3.15. The average Bonchev–Trinajstić information content (AvgIpc) is 2.84. The van der Waals surface area contributed by atoms with Gasteiger partial charge in [0.05, 0.1) is 11.4 Å². The summed E-state index contributed by atoms with van der Waals surface area (Å²) in [5, 5.41) is 0. The Morgan fingerprint density at radius 1 is 1.35 bits per heavy atom. The van der Waals surface area contributed by atoms with E-state index in [2.05, 4.69) is 18.0 Å². The number of benzene rings is 1. The molecule has 0 fully saturated rings. The molecular weight excluding hydrogens is 252 g/mol. The number of anilines is 2. The molecule has 0 bridgehead atoms. The van der Waals surface area contributed by atoms with Crippen molar-refractivity contribution >= 4 is 17.6 Å². The van der Waals surface area contributed by atoms with Crippen LogP contribution in [-0.2, 0) is 11.2 Å². The van der Waals surface area contributed by atoms with E-state index < -0.39 is 0 Å². The Balaban J connectivity index is 2.42. The van der Waals surface area contributed by atoms with E-state index in [1.165, 1.54) is 11.8 Å². The van der Waals surface area contributed by atoms with E-state index in [1.807, 2.05) is 25.1 Å². The maximum absolute atomic E-state index is 12.0. The zero-order valence-electron chi connectivity index (χ0n) is 12.2. The lowest BCUT2D eigenvalue weighted by Crippen LogP contribution is -2.24. The van der Waals surface area contributed by atoms with Gasteiger partial charge >= 0.3 is 6.01 Å². The molecule has 0 aliphatic heterocycles. The van der Waals surface area contributed by atoms with Crippen molar-refractivity contribution < 1.29 is 9.21 Å². The van der Waals surface area contributed by atoms with Gasteiger partial charge in [0.1, 0.15) is 6.26 Å². The van der Waals surface area contributed by atoms with Crippen LogP contribution < -0.4 is 4.90 Å². The summed E-state index contributed by atoms with van der Waals surface area (Å²) in [7, 11) is 0. The van der Waals surface area contributed by atoms with Gasteiger partial charge in [-0.2, -0.15) is 4.98 Å². The first-order chi connectivity index (χ1) is 9.63. The first-order valence-corrected chi connectivity index (χ1v) is 6.94. The van der Waals surface area contributed by atoms with Gasteiger partial charge in [-0.1, -0.05) is 31.5 Å². The van der Waals surface area contributed by atoms with Gasteiger partial charge in [-0.3, -0.25) is 4.79 Å². The summed E-state index contributed by atoms with van der Waals surface area (Å²) in [4.78, 5) is 17.8. The van der Waals surface area contributed by atoms with Crippen LogP contribution in [0.2, 0.25) is 0 Å². The molecule has 20 heavy (non-hydrogen) atoms. The van der Waals surface area contributed by atoms with Gasteiger partial charge in [-0.25, -0.2) is 4.90 Å². The van der Waals surface area contributed by atoms with Crippen molar-refractivity contribution in [1.29, 1.82) is 0 Å². The molecule has 0 saturated carbocycles. The number of unbranched alkanes of at least 4 members (excludes halogenated alkanes) is 1. The molecule has 0 atom stereocenters. The third kappa shape index (κ3) is 3.07. The first kappa shape index (κ1) is 14.3. The minimum absolute atomic E-state index is 0.101. The van der Waals surface area contributed by atoms with E-state index in [0.717, 1.165) is 36.2 Å². The highest BCUT2D eigenvalue weighted by Gasteiger charge is 2.21. The highest BCUT2D eigenvalue weighted by Crippen LogP contribution is 2.29. The second-order valence-corrected chi connectivity index (χ2v) is 4.86. The first-order valence-electron chi connectivity index (χ1n) is 6.94. The van der Waals surface area contributed by atoms with Crippen molar-refractivity contribution in [2.45, 2.75) is 40.0 Å². The quantitative estimate of drug-likeness (QED) is 0.826. The van der Waals surface area contributed by atoms with Crippen LogP contribution in [0.4, 0.5) is 11.7 Å². The fourth-order valence-corrected chi connectivity index (χ4v) is 2.16. The average molecular weight is 272 g/mol. The standard InChI is InChI=1S/C16H20N2O2/c1-4-5-8-14-9-6-7-10-15(14)18(13(3)19)16-17-12(2)11-20-16/h6-7,9-11H,4-5,8H2,1-3H3. The Labute approximate surface area is 119 Å². The van der Waals surface area contributed by atoms with Crippen molar-refractivity contribution in [2.75, 3.05) is 4.90 Å². The number of nitrogens with zero attached hydrogens (tertiary/aromatic N) is 2. The normalized spacial score (nSPS) is 10.6. The Hall–Kier alpha value is -2.10. The van der Waals surface area contributed by atoms with E-state index in [0.29, 0.717) is 6.01 Å². The predicted molar refractivity (Wildman–Crippen MR) is 79.1 cm³/mol. The fraction of sp³-hybridized carbons (Fsp3) is 0.375. The minimum atomic E-state index is -0.101. The zero-order chi connectivity index (χ0) is 14.5. The summed E-state index contributed by atoms with van der Waals surface area (Å²) >= 11 is 0. The molecule has 1 amide bonds. The summed E-state index contributed by atoms with van der Waals surface area (Å²) in [6.45, 7) is 5.52. The van der Waals surface area contributed by atoms with Crippen molar-refractivity contribution in [3.8, 4) is 0 Å². The third-order valence-electron chi connectivity index (χ3n) is 3.15. The van der Waals surface area contributed by atoms with E-state index in [4.69, 9.17) is 4.42 Å². The number of aryl methyl sites for hydroxylation is 2. The van der Waals surface area contributed by atoms with Crippen molar-refractivity contribution in [1.82, 2.24) is 4.98 Å². The van der Waals surface area contributed by atoms with E-state index in [1.54, 1.807) is 6.26 Å². The van der Waals surface area contributed by atoms with Crippen LogP contribution in [0.5, 0.6) is 0 Å². The highest BCUT2D eigenvalue weighted by molar-refractivity contribution is 5.97. The van der Waals surface area contributed by atoms with Gasteiger partial charge in [0.25, 0.3) is 0 Å². The minimum Gasteiger partial charge on any atom is -0.431 e.